The fourth-order valence-electron chi connectivity index (χ4n) is 2.99. The van der Waals surface area contributed by atoms with Gasteiger partial charge in [0.05, 0.1) is 5.69 Å². The van der Waals surface area contributed by atoms with Crippen LogP contribution in [0.5, 0.6) is 0 Å². The number of hydrogen-bond acceptors (Lipinski definition) is 4. The molecule has 0 atom stereocenters. The maximum Gasteiger partial charge on any atom is 0.267 e. The molecule has 0 aliphatic carbocycles. The molecule has 4 aromatic rings. The molecule has 2 heterocycles. The molecule has 0 unspecified atom stereocenters. The summed E-state index contributed by atoms with van der Waals surface area (Å²) in [4.78, 5) is 24.6. The molecule has 0 saturated heterocycles. The largest absolute Gasteiger partial charge is 0.324 e. The summed E-state index contributed by atoms with van der Waals surface area (Å²) in [6.07, 6.45) is 0. The molecule has 0 spiro atoms. The molecule has 7 nitrogen and oxygen atoms in total. The van der Waals surface area contributed by atoms with Gasteiger partial charge in [0.15, 0.2) is 5.82 Å². The number of halogens is 1. The van der Waals surface area contributed by atoms with Gasteiger partial charge in [-0.05, 0) is 43.3 Å². The lowest BCUT2D eigenvalue weighted by molar-refractivity contribution is -0.117. The van der Waals surface area contributed by atoms with E-state index in [0.717, 1.165) is 26.1 Å². The maximum absolute atomic E-state index is 12.4. The van der Waals surface area contributed by atoms with Gasteiger partial charge >= 0.3 is 0 Å². The summed E-state index contributed by atoms with van der Waals surface area (Å²) in [5, 5.41) is 11.7. The van der Waals surface area contributed by atoms with E-state index in [-0.39, 0.29) is 18.0 Å². The number of nitrogens with one attached hydrogen (secondary N) is 1. The third kappa shape index (κ3) is 4.38. The van der Waals surface area contributed by atoms with Crippen LogP contribution in [0.3, 0.4) is 0 Å². The molecule has 0 fully saturated rings. The Morgan fingerprint density at radius 2 is 1.73 bits per heavy atom. The van der Waals surface area contributed by atoms with E-state index in [4.69, 9.17) is 0 Å². The highest BCUT2D eigenvalue weighted by molar-refractivity contribution is 9.10. The summed E-state index contributed by atoms with van der Waals surface area (Å²) in [6.45, 7) is 1.71. The van der Waals surface area contributed by atoms with Crippen LogP contribution in [0, 0.1) is 6.92 Å². The van der Waals surface area contributed by atoms with Gasteiger partial charge in [-0.2, -0.15) is 5.10 Å². The summed E-state index contributed by atoms with van der Waals surface area (Å²) in [6, 6.07) is 21.9. The average Bonchev–Trinajstić information content (AvgIpc) is 3.14. The van der Waals surface area contributed by atoms with Gasteiger partial charge in [0, 0.05) is 27.5 Å². The van der Waals surface area contributed by atoms with Gasteiger partial charge in [0.2, 0.25) is 5.91 Å². The topological polar surface area (TPSA) is 81.8 Å². The van der Waals surface area contributed by atoms with Crippen molar-refractivity contribution in [2.24, 2.45) is 0 Å². The van der Waals surface area contributed by atoms with Crippen molar-refractivity contribution >= 4 is 27.5 Å². The quantitative estimate of drug-likeness (QED) is 0.487. The number of rotatable bonds is 5. The van der Waals surface area contributed by atoms with Gasteiger partial charge in [-0.15, -0.1) is 5.10 Å². The van der Waals surface area contributed by atoms with Crippen molar-refractivity contribution < 1.29 is 4.79 Å². The van der Waals surface area contributed by atoms with E-state index in [1.54, 1.807) is 22.9 Å². The van der Waals surface area contributed by atoms with Crippen molar-refractivity contribution in [3.63, 3.8) is 0 Å². The summed E-state index contributed by atoms with van der Waals surface area (Å²) >= 11 is 3.35. The van der Waals surface area contributed by atoms with Crippen LogP contribution in [-0.2, 0) is 11.3 Å². The van der Waals surface area contributed by atoms with Gasteiger partial charge < -0.3 is 5.32 Å². The van der Waals surface area contributed by atoms with Crippen LogP contribution < -0.4 is 10.9 Å². The number of nitrogens with zero attached hydrogens (tertiary/aromatic N) is 4. The monoisotopic (exact) mass is 463 g/mol. The van der Waals surface area contributed by atoms with E-state index < -0.39 is 0 Å². The minimum atomic E-state index is -0.363. The fourth-order valence-corrected chi connectivity index (χ4v) is 3.25. The predicted octanol–water partition coefficient (Wildman–Crippen LogP) is 3.81. The first-order valence-corrected chi connectivity index (χ1v) is 10.0. The Morgan fingerprint density at radius 1 is 1.00 bits per heavy atom. The molecule has 0 aliphatic rings. The Labute approximate surface area is 181 Å². The summed E-state index contributed by atoms with van der Waals surface area (Å²) in [7, 11) is 0. The summed E-state index contributed by atoms with van der Waals surface area (Å²) in [5.41, 5.74) is 2.94. The first kappa shape index (κ1) is 19.8. The normalized spacial score (nSPS) is 10.7. The van der Waals surface area contributed by atoms with E-state index in [2.05, 4.69) is 31.4 Å². The minimum absolute atomic E-state index is 0.200. The molecule has 0 saturated carbocycles. The van der Waals surface area contributed by atoms with Crippen molar-refractivity contribution in [3.8, 4) is 17.1 Å². The van der Waals surface area contributed by atoms with Crippen LogP contribution in [0.25, 0.3) is 17.1 Å². The van der Waals surface area contributed by atoms with Crippen molar-refractivity contribution in [2.75, 3.05) is 5.32 Å². The van der Waals surface area contributed by atoms with E-state index in [0.29, 0.717) is 11.5 Å². The van der Waals surface area contributed by atoms with E-state index in [9.17, 15) is 9.59 Å². The molecule has 4 rings (SSSR count). The van der Waals surface area contributed by atoms with Crippen LogP contribution in [0.2, 0.25) is 0 Å². The van der Waals surface area contributed by atoms with Crippen molar-refractivity contribution in [2.45, 2.75) is 13.5 Å². The van der Waals surface area contributed by atoms with Crippen molar-refractivity contribution in [3.05, 3.63) is 93.3 Å². The van der Waals surface area contributed by atoms with Crippen LogP contribution in [-0.4, -0.2) is 25.5 Å². The van der Waals surface area contributed by atoms with Gasteiger partial charge in [0.1, 0.15) is 6.54 Å². The lowest BCUT2D eigenvalue weighted by Crippen LogP contribution is -2.30. The number of benzene rings is 2. The molecule has 2 aromatic carbocycles. The number of aryl methyl sites for hydroxylation is 1. The summed E-state index contributed by atoms with van der Waals surface area (Å²) in [5.74, 6) is 0.122. The van der Waals surface area contributed by atoms with E-state index >= 15 is 0 Å². The number of aromatic nitrogens is 4. The van der Waals surface area contributed by atoms with Crippen LogP contribution in [0.1, 0.15) is 5.69 Å². The molecule has 8 heteroatoms. The summed E-state index contributed by atoms with van der Waals surface area (Å²) < 4.78 is 3.70. The number of carbonyl (C=O) groups excluding carboxylic acids is 1. The third-order valence-electron chi connectivity index (χ3n) is 4.45. The Bertz CT molecular complexity index is 1250. The van der Waals surface area contributed by atoms with Crippen molar-refractivity contribution in [1.29, 1.82) is 0 Å². The first-order chi connectivity index (χ1) is 14.5. The SMILES string of the molecule is Cc1cc(-c2ccccc2)nn1-c1ccc(=O)n(CC(=O)Nc2ccc(Br)cc2)n1. The molecular formula is C22H18BrN5O2. The molecule has 1 N–H and O–H groups in total. The molecular weight excluding hydrogens is 446 g/mol. The molecule has 30 heavy (non-hydrogen) atoms. The lowest BCUT2D eigenvalue weighted by Gasteiger charge is -2.09. The molecule has 2 aromatic heterocycles. The highest BCUT2D eigenvalue weighted by Crippen LogP contribution is 2.20. The first-order valence-electron chi connectivity index (χ1n) is 9.26. The Balaban J connectivity index is 1.58. The maximum atomic E-state index is 12.4. The minimum Gasteiger partial charge on any atom is -0.324 e. The molecule has 0 aliphatic heterocycles. The molecule has 0 bridgehead atoms. The van der Waals surface area contributed by atoms with Crippen molar-refractivity contribution in [1.82, 2.24) is 19.6 Å². The second-order valence-electron chi connectivity index (χ2n) is 6.69. The Kier molecular flexibility index (Phi) is 5.58. The fraction of sp³-hybridized carbons (Fsp3) is 0.0909. The predicted molar refractivity (Wildman–Crippen MR) is 119 cm³/mol. The highest BCUT2D eigenvalue weighted by Gasteiger charge is 2.12. The van der Waals surface area contributed by atoms with Gasteiger partial charge in [0.25, 0.3) is 5.56 Å². The molecule has 0 radical (unpaired) electrons. The Morgan fingerprint density at radius 3 is 2.47 bits per heavy atom. The zero-order valence-corrected chi connectivity index (χ0v) is 17.7. The molecule has 150 valence electrons. The second-order valence-corrected chi connectivity index (χ2v) is 7.61. The zero-order chi connectivity index (χ0) is 21.1. The van der Waals surface area contributed by atoms with Gasteiger partial charge in [-0.25, -0.2) is 9.36 Å². The highest BCUT2D eigenvalue weighted by atomic mass is 79.9. The van der Waals surface area contributed by atoms with E-state index in [1.807, 2.05) is 55.5 Å². The number of carbonyl (C=O) groups is 1. The third-order valence-corrected chi connectivity index (χ3v) is 4.98. The Hall–Kier alpha value is -3.52. The number of hydrogen-bond donors (Lipinski definition) is 1. The van der Waals surface area contributed by atoms with Crippen LogP contribution in [0.15, 0.2) is 82.1 Å². The number of amides is 1. The van der Waals surface area contributed by atoms with Crippen LogP contribution >= 0.6 is 15.9 Å². The number of anilines is 1. The standard InChI is InChI=1S/C22H18BrN5O2/c1-15-13-19(16-5-3-2-4-6-16)25-28(15)20-11-12-22(30)27(26-20)14-21(29)24-18-9-7-17(23)8-10-18/h2-13H,14H2,1H3,(H,24,29). The molecule has 1 amide bonds. The zero-order valence-electron chi connectivity index (χ0n) is 16.1. The lowest BCUT2D eigenvalue weighted by atomic mass is 10.1. The average molecular weight is 464 g/mol. The van der Waals surface area contributed by atoms with Gasteiger partial charge in [-0.3, -0.25) is 9.59 Å². The van der Waals surface area contributed by atoms with E-state index in [1.165, 1.54) is 6.07 Å². The van der Waals surface area contributed by atoms with Gasteiger partial charge in [-0.1, -0.05) is 46.3 Å². The second kappa shape index (κ2) is 8.46. The smallest absolute Gasteiger partial charge is 0.267 e. The van der Waals surface area contributed by atoms with Crippen LogP contribution in [0.4, 0.5) is 5.69 Å².